The monoisotopic (exact) mass is 367 g/mol. The lowest BCUT2D eigenvalue weighted by Gasteiger charge is -2.08. The molecule has 0 aliphatic rings. The Labute approximate surface area is 133 Å². The van der Waals surface area contributed by atoms with Gasteiger partial charge in [-0.25, -0.2) is 4.39 Å². The number of carbonyl (C=O) groups is 2. The van der Waals surface area contributed by atoms with Gasteiger partial charge in [0.15, 0.2) is 6.61 Å². The minimum Gasteiger partial charge on any atom is -0.484 e. The molecule has 0 unspecified atom stereocenters. The number of amides is 2. The summed E-state index contributed by atoms with van der Waals surface area (Å²) in [6.45, 7) is -0.361. The third-order valence-electron chi connectivity index (χ3n) is 2.45. The smallest absolute Gasteiger partial charge is 0.276 e. The maximum atomic E-state index is 12.9. The zero-order valence-electron chi connectivity index (χ0n) is 11.2. The number of hydrogen-bond donors (Lipinski definition) is 2. The molecular weight excluding hydrogens is 357 g/mol. The van der Waals surface area contributed by atoms with Crippen LogP contribution in [0.2, 0.25) is 0 Å². The van der Waals surface area contributed by atoms with Crippen LogP contribution >= 0.6 is 15.9 Å². The lowest BCUT2D eigenvalue weighted by Crippen LogP contribution is -2.43. The van der Waals surface area contributed by atoms with Gasteiger partial charge in [0, 0.05) is 22.9 Å². The zero-order chi connectivity index (χ0) is 15.9. The summed E-state index contributed by atoms with van der Waals surface area (Å²) < 4.78 is 18.6. The Balaban J connectivity index is 1.79. The summed E-state index contributed by atoms with van der Waals surface area (Å²) >= 11 is 3.19. The van der Waals surface area contributed by atoms with Crippen LogP contribution < -0.4 is 15.6 Å². The van der Waals surface area contributed by atoms with Crippen LogP contribution in [0.15, 0.2) is 47.2 Å². The highest BCUT2D eigenvalue weighted by Gasteiger charge is 2.09. The first kappa shape index (κ1) is 15.9. The number of rotatable bonds is 4. The maximum absolute atomic E-state index is 12.9. The van der Waals surface area contributed by atoms with Gasteiger partial charge in [-0.2, -0.15) is 0 Å². The molecule has 0 radical (unpaired) electrons. The van der Waals surface area contributed by atoms with Crippen molar-refractivity contribution in [3.8, 4) is 5.75 Å². The van der Waals surface area contributed by atoms with E-state index in [4.69, 9.17) is 4.74 Å². The van der Waals surface area contributed by atoms with E-state index in [-0.39, 0.29) is 17.9 Å². The summed E-state index contributed by atoms with van der Waals surface area (Å²) in [6.07, 6.45) is 2.89. The van der Waals surface area contributed by atoms with Crippen molar-refractivity contribution in [1.82, 2.24) is 15.8 Å². The number of ether oxygens (including phenoxy) is 1. The molecule has 8 heteroatoms. The fraction of sp³-hybridized carbons (Fsp3) is 0.0714. The van der Waals surface area contributed by atoms with Crippen LogP contribution in [0.5, 0.6) is 5.75 Å². The predicted octanol–water partition coefficient (Wildman–Crippen LogP) is 1.82. The molecule has 6 nitrogen and oxygen atoms in total. The molecule has 0 bridgehead atoms. The van der Waals surface area contributed by atoms with E-state index in [1.807, 2.05) is 0 Å². The number of hydrogen-bond acceptors (Lipinski definition) is 4. The molecule has 114 valence electrons. The van der Waals surface area contributed by atoms with Crippen molar-refractivity contribution in [2.75, 3.05) is 6.61 Å². The Morgan fingerprint density at radius 2 is 2.05 bits per heavy atom. The standard InChI is InChI=1S/C14H11BrFN3O3/c15-10-4-9(6-17-7-10)14(21)19-18-13(20)8-22-12-3-1-2-11(16)5-12/h1-7H,8H2,(H,18,20)(H,19,21). The second-order valence-electron chi connectivity index (χ2n) is 4.14. The van der Waals surface area contributed by atoms with E-state index in [2.05, 4.69) is 31.8 Å². The highest BCUT2D eigenvalue weighted by molar-refractivity contribution is 9.10. The van der Waals surface area contributed by atoms with E-state index in [0.29, 0.717) is 4.47 Å². The molecule has 2 N–H and O–H groups in total. The van der Waals surface area contributed by atoms with E-state index in [1.54, 1.807) is 6.07 Å². The average molecular weight is 368 g/mol. The fourth-order valence-corrected chi connectivity index (χ4v) is 1.84. The number of aromatic nitrogens is 1. The molecule has 1 heterocycles. The van der Waals surface area contributed by atoms with Crippen LogP contribution in [0, 0.1) is 5.82 Å². The van der Waals surface area contributed by atoms with Crippen LogP contribution in [0.25, 0.3) is 0 Å². The zero-order valence-corrected chi connectivity index (χ0v) is 12.8. The Hall–Kier alpha value is -2.48. The predicted molar refractivity (Wildman–Crippen MR) is 79.4 cm³/mol. The van der Waals surface area contributed by atoms with Crippen LogP contribution in [0.3, 0.4) is 0 Å². The summed E-state index contributed by atoms with van der Waals surface area (Å²) in [5, 5.41) is 0. The van der Waals surface area contributed by atoms with Gasteiger partial charge in [-0.15, -0.1) is 0 Å². The molecule has 2 aromatic rings. The molecular formula is C14H11BrFN3O3. The van der Waals surface area contributed by atoms with E-state index in [9.17, 15) is 14.0 Å². The van der Waals surface area contributed by atoms with E-state index < -0.39 is 17.6 Å². The minimum absolute atomic E-state index is 0.220. The molecule has 0 spiro atoms. The van der Waals surface area contributed by atoms with E-state index >= 15 is 0 Å². The van der Waals surface area contributed by atoms with Crippen molar-refractivity contribution in [3.63, 3.8) is 0 Å². The Morgan fingerprint density at radius 3 is 2.77 bits per heavy atom. The maximum Gasteiger partial charge on any atom is 0.276 e. The molecule has 0 saturated heterocycles. The highest BCUT2D eigenvalue weighted by atomic mass is 79.9. The Kier molecular flexibility index (Phi) is 5.42. The first-order chi connectivity index (χ1) is 10.5. The number of halogens is 2. The Morgan fingerprint density at radius 1 is 1.23 bits per heavy atom. The van der Waals surface area contributed by atoms with Gasteiger partial charge in [0.25, 0.3) is 11.8 Å². The topological polar surface area (TPSA) is 80.3 Å². The summed E-state index contributed by atoms with van der Waals surface area (Å²) in [5.41, 5.74) is 4.68. The van der Waals surface area contributed by atoms with Crippen molar-refractivity contribution < 1.29 is 18.7 Å². The first-order valence-electron chi connectivity index (χ1n) is 6.13. The van der Waals surface area contributed by atoms with Gasteiger partial charge in [-0.3, -0.25) is 25.4 Å². The van der Waals surface area contributed by atoms with Crippen LogP contribution in [0.4, 0.5) is 4.39 Å². The second kappa shape index (κ2) is 7.51. The molecule has 1 aromatic carbocycles. The van der Waals surface area contributed by atoms with Gasteiger partial charge < -0.3 is 4.74 Å². The summed E-state index contributed by atoms with van der Waals surface area (Å²) in [5.74, 6) is -1.35. The summed E-state index contributed by atoms with van der Waals surface area (Å²) in [7, 11) is 0. The molecule has 1 aromatic heterocycles. The number of pyridine rings is 1. The third-order valence-corrected chi connectivity index (χ3v) is 2.88. The quantitative estimate of drug-likeness (QED) is 0.807. The van der Waals surface area contributed by atoms with Gasteiger partial charge in [-0.1, -0.05) is 6.07 Å². The first-order valence-corrected chi connectivity index (χ1v) is 6.92. The molecule has 0 fully saturated rings. The molecule has 0 aliphatic heterocycles. The van der Waals surface area contributed by atoms with Gasteiger partial charge >= 0.3 is 0 Å². The molecule has 0 atom stereocenters. The van der Waals surface area contributed by atoms with Gasteiger partial charge in [-0.05, 0) is 34.1 Å². The minimum atomic E-state index is -0.583. The van der Waals surface area contributed by atoms with Crippen LogP contribution in [-0.2, 0) is 4.79 Å². The normalized spacial score (nSPS) is 9.91. The molecule has 0 aliphatic carbocycles. The van der Waals surface area contributed by atoms with Gasteiger partial charge in [0.2, 0.25) is 0 Å². The highest BCUT2D eigenvalue weighted by Crippen LogP contribution is 2.11. The third kappa shape index (κ3) is 4.81. The molecule has 2 amide bonds. The average Bonchev–Trinajstić information content (AvgIpc) is 2.50. The SMILES string of the molecule is O=C(COc1cccc(F)c1)NNC(=O)c1cncc(Br)c1. The van der Waals surface area contributed by atoms with Crippen molar-refractivity contribution >= 4 is 27.7 Å². The summed E-state index contributed by atoms with van der Waals surface area (Å²) in [6, 6.07) is 6.95. The van der Waals surface area contributed by atoms with Crippen molar-refractivity contribution in [2.45, 2.75) is 0 Å². The second-order valence-corrected chi connectivity index (χ2v) is 5.06. The van der Waals surface area contributed by atoms with E-state index in [1.165, 1.54) is 30.6 Å². The van der Waals surface area contributed by atoms with Crippen molar-refractivity contribution in [2.24, 2.45) is 0 Å². The lowest BCUT2D eigenvalue weighted by molar-refractivity contribution is -0.123. The largest absolute Gasteiger partial charge is 0.484 e. The van der Waals surface area contributed by atoms with Crippen LogP contribution in [0.1, 0.15) is 10.4 Å². The summed E-state index contributed by atoms with van der Waals surface area (Å²) in [4.78, 5) is 27.1. The molecule has 0 saturated carbocycles. The Bertz CT molecular complexity index is 697. The number of carbonyl (C=O) groups excluding carboxylic acids is 2. The molecule has 22 heavy (non-hydrogen) atoms. The lowest BCUT2D eigenvalue weighted by atomic mass is 10.3. The number of benzene rings is 1. The van der Waals surface area contributed by atoms with E-state index in [0.717, 1.165) is 6.07 Å². The fourth-order valence-electron chi connectivity index (χ4n) is 1.48. The molecule has 2 rings (SSSR count). The number of nitrogens with zero attached hydrogens (tertiary/aromatic N) is 1. The number of hydrazine groups is 1. The van der Waals surface area contributed by atoms with Gasteiger partial charge in [0.1, 0.15) is 11.6 Å². The van der Waals surface area contributed by atoms with Crippen molar-refractivity contribution in [3.05, 3.63) is 58.6 Å². The van der Waals surface area contributed by atoms with Crippen LogP contribution in [-0.4, -0.2) is 23.4 Å². The number of nitrogens with one attached hydrogen (secondary N) is 2. The van der Waals surface area contributed by atoms with Gasteiger partial charge in [0.05, 0.1) is 5.56 Å². The van der Waals surface area contributed by atoms with Crippen molar-refractivity contribution in [1.29, 1.82) is 0 Å².